The average molecular weight is 784 g/mol. The van der Waals surface area contributed by atoms with Crippen LogP contribution in [0.1, 0.15) is 25.0 Å². The van der Waals surface area contributed by atoms with E-state index in [0.29, 0.717) is 22.9 Å². The molecule has 0 saturated heterocycles. The van der Waals surface area contributed by atoms with E-state index in [1.54, 1.807) is 4.57 Å². The molecule has 0 aliphatic heterocycles. The molecule has 6 nitrogen and oxygen atoms in total. The van der Waals surface area contributed by atoms with Crippen LogP contribution < -0.4 is 5.56 Å². The van der Waals surface area contributed by atoms with Crippen molar-refractivity contribution >= 4 is 43.5 Å². The molecule has 0 unspecified atom stereocenters. The Balaban J connectivity index is 1.05. The molecule has 11 aromatic rings. The van der Waals surface area contributed by atoms with Crippen molar-refractivity contribution in [1.82, 2.24) is 24.1 Å². The van der Waals surface area contributed by atoms with Gasteiger partial charge in [0, 0.05) is 55.0 Å². The van der Waals surface area contributed by atoms with Crippen LogP contribution in [0, 0.1) is 0 Å². The van der Waals surface area contributed by atoms with Gasteiger partial charge in [-0.25, -0.2) is 15.0 Å². The first kappa shape index (κ1) is 35.0. The molecule has 0 bridgehead atoms. The van der Waals surface area contributed by atoms with Crippen molar-refractivity contribution in [2.75, 3.05) is 0 Å². The third kappa shape index (κ3) is 5.28. The van der Waals surface area contributed by atoms with Crippen LogP contribution >= 0.6 is 0 Å². The number of pyridine rings is 1. The Morgan fingerprint density at radius 2 is 0.902 bits per heavy atom. The largest absolute Gasteiger partial charge is 0.309 e. The molecule has 0 N–H and O–H groups in total. The van der Waals surface area contributed by atoms with E-state index in [1.165, 1.54) is 27.5 Å². The molecule has 0 amide bonds. The average Bonchev–Trinajstić information content (AvgIpc) is 3.78. The molecule has 6 heteroatoms. The minimum Gasteiger partial charge on any atom is -0.309 e. The maximum Gasteiger partial charge on any atom is 0.263 e. The summed E-state index contributed by atoms with van der Waals surface area (Å²) in [5.41, 5.74) is 12.2. The summed E-state index contributed by atoms with van der Waals surface area (Å²) in [7, 11) is 0. The van der Waals surface area contributed by atoms with Crippen LogP contribution in [0.3, 0.4) is 0 Å². The molecule has 1 aliphatic rings. The summed E-state index contributed by atoms with van der Waals surface area (Å²) in [5.74, 6) is 1.73. The van der Waals surface area contributed by atoms with Gasteiger partial charge in [-0.15, -0.1) is 0 Å². The summed E-state index contributed by atoms with van der Waals surface area (Å²) in [4.78, 5) is 29.9. The third-order valence-corrected chi connectivity index (χ3v) is 12.6. The van der Waals surface area contributed by atoms with Gasteiger partial charge in [-0.2, -0.15) is 0 Å². The lowest BCUT2D eigenvalue weighted by atomic mass is 9.82. The molecule has 0 spiro atoms. The highest BCUT2D eigenvalue weighted by molar-refractivity contribution is 6.09. The Bertz CT molecular complexity index is 3600. The van der Waals surface area contributed by atoms with Gasteiger partial charge in [-0.3, -0.25) is 9.36 Å². The number of nitrogens with zero attached hydrogens (tertiary/aromatic N) is 5. The molecule has 8 aromatic carbocycles. The number of hydrogen-bond donors (Lipinski definition) is 0. The summed E-state index contributed by atoms with van der Waals surface area (Å²) in [6.07, 6.45) is 0. The standard InChI is InChI=1S/C55H37N5O/c1-55(2)45-24-9-5-22-43(45)50-44(23-14-25-46(50)55)53-57-51(34-29-31-36(32-30-34)60-49-28-12-6-18-39(49)38-17-3-4-21-42(38)54(60)61)56-52(58-53)35-15-13-16-37(33-35)59-47-26-10-7-19-40(47)41-20-8-11-27-48(41)59/h3-33H,1-2H3. The molecule has 3 heterocycles. The summed E-state index contributed by atoms with van der Waals surface area (Å²) in [6.45, 7) is 4.58. The minimum atomic E-state index is -0.182. The first-order valence-corrected chi connectivity index (χ1v) is 20.7. The van der Waals surface area contributed by atoms with Gasteiger partial charge in [0.05, 0.1) is 16.6 Å². The van der Waals surface area contributed by atoms with E-state index < -0.39 is 0 Å². The zero-order chi connectivity index (χ0) is 40.8. The molecular weight excluding hydrogens is 747 g/mol. The minimum absolute atomic E-state index is 0.0592. The van der Waals surface area contributed by atoms with Crippen molar-refractivity contribution in [3.8, 4) is 56.7 Å². The van der Waals surface area contributed by atoms with E-state index in [1.807, 2.05) is 66.7 Å². The van der Waals surface area contributed by atoms with Crippen LogP contribution in [0.25, 0.3) is 100 Å². The van der Waals surface area contributed by atoms with Crippen molar-refractivity contribution in [3.63, 3.8) is 0 Å². The van der Waals surface area contributed by atoms with Crippen LogP contribution in [-0.2, 0) is 5.41 Å². The van der Waals surface area contributed by atoms with E-state index in [2.05, 4.69) is 140 Å². The second-order valence-corrected chi connectivity index (χ2v) is 16.4. The van der Waals surface area contributed by atoms with Crippen LogP contribution in [0.5, 0.6) is 0 Å². The lowest BCUT2D eigenvalue weighted by Gasteiger charge is -2.21. The highest BCUT2D eigenvalue weighted by Gasteiger charge is 2.37. The Labute approximate surface area is 351 Å². The van der Waals surface area contributed by atoms with Crippen molar-refractivity contribution in [2.45, 2.75) is 19.3 Å². The first-order valence-electron chi connectivity index (χ1n) is 20.7. The second kappa shape index (κ2) is 13.3. The Morgan fingerprint density at radius 1 is 0.393 bits per heavy atom. The number of benzene rings is 8. The van der Waals surface area contributed by atoms with Gasteiger partial charge in [0.15, 0.2) is 17.5 Å². The summed E-state index contributed by atoms with van der Waals surface area (Å²) in [5, 5.41) is 5.06. The first-order chi connectivity index (χ1) is 29.9. The number of fused-ring (bicyclic) bond motifs is 9. The van der Waals surface area contributed by atoms with Crippen molar-refractivity contribution < 1.29 is 0 Å². The maximum atomic E-state index is 14.1. The van der Waals surface area contributed by atoms with Gasteiger partial charge < -0.3 is 4.57 Å². The molecule has 0 saturated carbocycles. The van der Waals surface area contributed by atoms with E-state index in [4.69, 9.17) is 15.0 Å². The van der Waals surface area contributed by atoms with Crippen molar-refractivity contribution in [3.05, 3.63) is 210 Å². The van der Waals surface area contributed by atoms with E-state index in [0.717, 1.165) is 61.0 Å². The smallest absolute Gasteiger partial charge is 0.263 e. The summed E-state index contributed by atoms with van der Waals surface area (Å²) >= 11 is 0. The van der Waals surface area contributed by atoms with E-state index in [9.17, 15) is 4.79 Å². The van der Waals surface area contributed by atoms with Crippen LogP contribution in [0.2, 0.25) is 0 Å². The fraction of sp³-hybridized carbons (Fsp3) is 0.0545. The van der Waals surface area contributed by atoms with Crippen molar-refractivity contribution in [2.24, 2.45) is 0 Å². The van der Waals surface area contributed by atoms with Crippen LogP contribution in [0.4, 0.5) is 0 Å². The molecule has 0 atom stereocenters. The SMILES string of the molecule is CC1(C)c2ccccc2-c2c(-c3nc(-c4ccc(-n5c(=O)c6ccccc6c6ccccc65)cc4)nc(-c4cccc(-n5c6ccccc6c6ccccc65)c4)n3)cccc21. The third-order valence-electron chi connectivity index (χ3n) is 12.6. The summed E-state index contributed by atoms with van der Waals surface area (Å²) < 4.78 is 4.12. The topological polar surface area (TPSA) is 65.6 Å². The molecule has 288 valence electrons. The van der Waals surface area contributed by atoms with Crippen LogP contribution in [-0.4, -0.2) is 24.1 Å². The number of rotatable bonds is 5. The van der Waals surface area contributed by atoms with E-state index >= 15 is 0 Å². The number of aromatic nitrogens is 5. The molecule has 1 aliphatic carbocycles. The number of para-hydroxylation sites is 3. The van der Waals surface area contributed by atoms with Gasteiger partial charge in [0.1, 0.15) is 0 Å². The van der Waals surface area contributed by atoms with Gasteiger partial charge in [0.2, 0.25) is 0 Å². The zero-order valence-electron chi connectivity index (χ0n) is 33.5. The normalized spacial score (nSPS) is 13.0. The monoisotopic (exact) mass is 783 g/mol. The molecule has 0 fully saturated rings. The quantitative estimate of drug-likeness (QED) is 0.163. The van der Waals surface area contributed by atoms with Crippen LogP contribution in [0.15, 0.2) is 193 Å². The Kier molecular flexibility index (Phi) is 7.62. The zero-order valence-corrected chi connectivity index (χ0v) is 33.5. The second-order valence-electron chi connectivity index (χ2n) is 16.4. The van der Waals surface area contributed by atoms with Gasteiger partial charge in [-0.05, 0) is 88.3 Å². The molecule has 0 radical (unpaired) electrons. The lowest BCUT2D eigenvalue weighted by molar-refractivity contribution is 0.660. The predicted molar refractivity (Wildman–Crippen MR) is 249 cm³/mol. The summed E-state index contributed by atoms with van der Waals surface area (Å²) in [6, 6.07) is 64.6. The van der Waals surface area contributed by atoms with Gasteiger partial charge >= 0.3 is 0 Å². The van der Waals surface area contributed by atoms with E-state index in [-0.39, 0.29) is 11.0 Å². The highest BCUT2D eigenvalue weighted by Crippen LogP contribution is 2.51. The lowest BCUT2D eigenvalue weighted by Crippen LogP contribution is -2.19. The molecular formula is C55H37N5O. The van der Waals surface area contributed by atoms with Crippen molar-refractivity contribution in [1.29, 1.82) is 0 Å². The van der Waals surface area contributed by atoms with Gasteiger partial charge in [0.25, 0.3) is 5.56 Å². The molecule has 3 aromatic heterocycles. The molecule has 61 heavy (non-hydrogen) atoms. The maximum absolute atomic E-state index is 14.1. The number of hydrogen-bond acceptors (Lipinski definition) is 4. The molecule has 12 rings (SSSR count). The Hall–Kier alpha value is -7.96. The Morgan fingerprint density at radius 3 is 1.61 bits per heavy atom. The predicted octanol–water partition coefficient (Wildman–Crippen LogP) is 12.7. The fourth-order valence-electron chi connectivity index (χ4n) is 9.73. The highest BCUT2D eigenvalue weighted by atomic mass is 16.1. The fourth-order valence-corrected chi connectivity index (χ4v) is 9.73. The van der Waals surface area contributed by atoms with Gasteiger partial charge in [-0.1, -0.05) is 141 Å².